The summed E-state index contributed by atoms with van der Waals surface area (Å²) in [4.78, 5) is 15.3. The van der Waals surface area contributed by atoms with Crippen LogP contribution in [0.4, 0.5) is 0 Å². The van der Waals surface area contributed by atoms with Gasteiger partial charge in [0.25, 0.3) is 0 Å². The van der Waals surface area contributed by atoms with Crippen molar-refractivity contribution in [1.29, 1.82) is 0 Å². The van der Waals surface area contributed by atoms with Gasteiger partial charge in [0, 0.05) is 30.2 Å². The Morgan fingerprint density at radius 3 is 1.91 bits per heavy atom. The summed E-state index contributed by atoms with van der Waals surface area (Å²) in [7, 11) is 0. The van der Waals surface area contributed by atoms with Gasteiger partial charge < -0.3 is 9.94 Å². The first-order valence-corrected chi connectivity index (χ1v) is 7.72. The summed E-state index contributed by atoms with van der Waals surface area (Å²) in [5.41, 5.74) is 1.84. The van der Waals surface area contributed by atoms with Crippen molar-refractivity contribution in [2.24, 2.45) is 5.16 Å². The standard InChI is InChI=1S/C15H13NO.C4H8O2/c1-3-7-13(8-4-1)15(11-12-16-17-15)14-9-5-2-6-10-14;1-2-3-4(5)6/h1-10,12H,11H2;2-3H2,1H3,(H,5,6). The fourth-order valence-electron chi connectivity index (χ4n) is 2.47. The van der Waals surface area contributed by atoms with Crippen LogP contribution in [0.15, 0.2) is 65.8 Å². The molecule has 0 unspecified atom stereocenters. The van der Waals surface area contributed by atoms with E-state index in [4.69, 9.17) is 9.94 Å². The number of benzene rings is 2. The molecular weight excluding hydrogens is 290 g/mol. The Balaban J connectivity index is 0.000000277. The summed E-state index contributed by atoms with van der Waals surface area (Å²) in [5.74, 6) is -0.711. The monoisotopic (exact) mass is 311 g/mol. The van der Waals surface area contributed by atoms with Crippen molar-refractivity contribution >= 4 is 12.2 Å². The molecular formula is C19H21NO3. The number of hydrogen-bond donors (Lipinski definition) is 1. The molecule has 0 amide bonds. The van der Waals surface area contributed by atoms with Crippen LogP contribution in [0.5, 0.6) is 0 Å². The number of hydrogen-bond acceptors (Lipinski definition) is 3. The average molecular weight is 311 g/mol. The van der Waals surface area contributed by atoms with Gasteiger partial charge in [0.05, 0.1) is 0 Å². The van der Waals surface area contributed by atoms with E-state index in [9.17, 15) is 4.79 Å². The second-order valence-corrected chi connectivity index (χ2v) is 5.29. The topological polar surface area (TPSA) is 58.9 Å². The molecule has 0 aliphatic carbocycles. The Kier molecular flexibility index (Phi) is 5.92. The van der Waals surface area contributed by atoms with Gasteiger partial charge in [0.2, 0.25) is 0 Å². The van der Waals surface area contributed by atoms with Gasteiger partial charge in [-0.3, -0.25) is 4.79 Å². The largest absolute Gasteiger partial charge is 0.481 e. The molecule has 3 rings (SSSR count). The van der Waals surface area contributed by atoms with Crippen LogP contribution in [0.1, 0.15) is 37.3 Å². The summed E-state index contributed by atoms with van der Waals surface area (Å²) in [6.45, 7) is 1.84. The number of nitrogens with zero attached hydrogens (tertiary/aromatic N) is 1. The fraction of sp³-hybridized carbons (Fsp3) is 0.263. The normalized spacial score (nSPS) is 14.5. The quantitative estimate of drug-likeness (QED) is 0.920. The molecule has 4 heteroatoms. The minimum atomic E-state index is -0.711. The van der Waals surface area contributed by atoms with Gasteiger partial charge in [0.1, 0.15) is 0 Å². The van der Waals surface area contributed by atoms with Crippen LogP contribution >= 0.6 is 0 Å². The summed E-state index contributed by atoms with van der Waals surface area (Å²) in [6, 6.07) is 20.5. The van der Waals surface area contributed by atoms with Gasteiger partial charge in [-0.2, -0.15) is 0 Å². The fourth-order valence-corrected chi connectivity index (χ4v) is 2.47. The Hall–Kier alpha value is -2.62. The minimum absolute atomic E-state index is 0.292. The zero-order chi connectivity index (χ0) is 16.5. The van der Waals surface area contributed by atoms with E-state index in [1.807, 2.05) is 49.5 Å². The second-order valence-electron chi connectivity index (χ2n) is 5.29. The molecule has 2 aromatic carbocycles. The lowest BCUT2D eigenvalue weighted by Gasteiger charge is -2.27. The van der Waals surface area contributed by atoms with Crippen LogP contribution in [0.2, 0.25) is 0 Å². The Morgan fingerprint density at radius 1 is 1.09 bits per heavy atom. The Labute approximate surface area is 136 Å². The summed E-state index contributed by atoms with van der Waals surface area (Å²) in [5, 5.41) is 11.9. The highest BCUT2D eigenvalue weighted by atomic mass is 16.7. The molecule has 1 N–H and O–H groups in total. The third kappa shape index (κ3) is 4.19. The smallest absolute Gasteiger partial charge is 0.303 e. The molecule has 23 heavy (non-hydrogen) atoms. The predicted molar refractivity (Wildman–Crippen MR) is 90.4 cm³/mol. The molecule has 4 nitrogen and oxygen atoms in total. The van der Waals surface area contributed by atoms with Crippen molar-refractivity contribution in [1.82, 2.24) is 0 Å². The zero-order valence-corrected chi connectivity index (χ0v) is 13.2. The third-order valence-corrected chi connectivity index (χ3v) is 3.61. The van der Waals surface area contributed by atoms with E-state index in [0.29, 0.717) is 6.42 Å². The van der Waals surface area contributed by atoms with E-state index in [0.717, 1.165) is 24.0 Å². The lowest BCUT2D eigenvalue weighted by atomic mass is 9.84. The SMILES string of the molecule is C1=NOC(c2ccccc2)(c2ccccc2)C1.CCCC(=O)O. The van der Waals surface area contributed by atoms with E-state index in [2.05, 4.69) is 29.4 Å². The molecule has 0 radical (unpaired) electrons. The van der Waals surface area contributed by atoms with Gasteiger partial charge >= 0.3 is 5.97 Å². The van der Waals surface area contributed by atoms with Crippen molar-refractivity contribution in [3.05, 3.63) is 71.8 Å². The molecule has 1 heterocycles. The molecule has 0 saturated carbocycles. The van der Waals surface area contributed by atoms with Crippen LogP contribution in [-0.4, -0.2) is 17.3 Å². The van der Waals surface area contributed by atoms with Gasteiger partial charge in [-0.15, -0.1) is 0 Å². The number of aliphatic carboxylic acids is 1. The van der Waals surface area contributed by atoms with Crippen molar-refractivity contribution in [3.8, 4) is 0 Å². The van der Waals surface area contributed by atoms with Crippen molar-refractivity contribution in [2.75, 3.05) is 0 Å². The van der Waals surface area contributed by atoms with Gasteiger partial charge in [-0.1, -0.05) is 72.7 Å². The molecule has 0 fully saturated rings. The molecule has 1 aliphatic rings. The van der Waals surface area contributed by atoms with Crippen molar-refractivity contribution in [3.63, 3.8) is 0 Å². The van der Waals surface area contributed by atoms with E-state index >= 15 is 0 Å². The Morgan fingerprint density at radius 2 is 1.61 bits per heavy atom. The predicted octanol–water partition coefficient (Wildman–Crippen LogP) is 4.21. The molecule has 0 atom stereocenters. The number of rotatable bonds is 4. The van der Waals surface area contributed by atoms with Crippen LogP contribution in [0, 0.1) is 0 Å². The lowest BCUT2D eigenvalue weighted by Crippen LogP contribution is -2.26. The maximum Gasteiger partial charge on any atom is 0.303 e. The maximum absolute atomic E-state index is 9.60. The summed E-state index contributed by atoms with van der Waals surface area (Å²) in [6.07, 6.45) is 3.64. The number of oxime groups is 1. The minimum Gasteiger partial charge on any atom is -0.481 e. The summed E-state index contributed by atoms with van der Waals surface area (Å²) < 4.78 is 0. The van der Waals surface area contributed by atoms with Crippen LogP contribution in [0.25, 0.3) is 0 Å². The second kappa shape index (κ2) is 8.13. The number of carboxylic acid groups (broad SMARTS) is 1. The first-order valence-electron chi connectivity index (χ1n) is 7.72. The van der Waals surface area contributed by atoms with Gasteiger partial charge in [-0.05, 0) is 6.42 Å². The van der Waals surface area contributed by atoms with Crippen LogP contribution < -0.4 is 0 Å². The third-order valence-electron chi connectivity index (χ3n) is 3.61. The zero-order valence-electron chi connectivity index (χ0n) is 13.2. The average Bonchev–Trinajstić information content (AvgIpc) is 3.08. The van der Waals surface area contributed by atoms with Gasteiger partial charge in [-0.25, -0.2) is 0 Å². The molecule has 0 bridgehead atoms. The molecule has 2 aromatic rings. The Bertz CT molecular complexity index is 589. The molecule has 120 valence electrons. The van der Waals surface area contributed by atoms with E-state index in [-0.39, 0.29) is 0 Å². The highest BCUT2D eigenvalue weighted by Gasteiger charge is 2.39. The number of carbonyl (C=O) groups is 1. The van der Waals surface area contributed by atoms with E-state index in [1.165, 1.54) is 0 Å². The highest BCUT2D eigenvalue weighted by Crippen LogP contribution is 2.39. The van der Waals surface area contributed by atoms with E-state index < -0.39 is 11.6 Å². The molecule has 0 spiro atoms. The van der Waals surface area contributed by atoms with E-state index in [1.54, 1.807) is 0 Å². The first kappa shape index (κ1) is 16.7. The van der Waals surface area contributed by atoms with Crippen molar-refractivity contribution in [2.45, 2.75) is 31.8 Å². The lowest BCUT2D eigenvalue weighted by molar-refractivity contribution is -0.137. The van der Waals surface area contributed by atoms with Crippen LogP contribution in [0.3, 0.4) is 0 Å². The first-order chi connectivity index (χ1) is 11.2. The highest BCUT2D eigenvalue weighted by molar-refractivity contribution is 5.66. The summed E-state index contributed by atoms with van der Waals surface area (Å²) >= 11 is 0. The number of carboxylic acids is 1. The maximum atomic E-state index is 9.60. The molecule has 1 aliphatic heterocycles. The molecule has 0 aromatic heterocycles. The van der Waals surface area contributed by atoms with Crippen LogP contribution in [-0.2, 0) is 15.2 Å². The van der Waals surface area contributed by atoms with Gasteiger partial charge in [0.15, 0.2) is 5.60 Å². The molecule has 0 saturated heterocycles. The van der Waals surface area contributed by atoms with Crippen molar-refractivity contribution < 1.29 is 14.7 Å².